The summed E-state index contributed by atoms with van der Waals surface area (Å²) in [5.74, 6) is 1.67. The molecule has 0 aliphatic carbocycles. The molecule has 5 nitrogen and oxygen atoms in total. The number of hydrogen-bond acceptors (Lipinski definition) is 4. The fourth-order valence-electron chi connectivity index (χ4n) is 2.20. The first-order valence-electron chi connectivity index (χ1n) is 7.43. The largest absolute Gasteiger partial charge is 0.496 e. The second kappa shape index (κ2) is 8.59. The predicted octanol–water partition coefficient (Wildman–Crippen LogP) is 3.72. The Hall–Kier alpha value is -2.21. The summed E-state index contributed by atoms with van der Waals surface area (Å²) in [6.07, 6.45) is 0. The van der Waals surface area contributed by atoms with E-state index >= 15 is 0 Å². The molecule has 0 radical (unpaired) electrons. The van der Waals surface area contributed by atoms with Crippen LogP contribution in [0.25, 0.3) is 0 Å². The van der Waals surface area contributed by atoms with E-state index < -0.39 is 0 Å². The third-order valence-electron chi connectivity index (χ3n) is 3.48. The summed E-state index contributed by atoms with van der Waals surface area (Å²) >= 11 is 3.44. The fourth-order valence-corrected chi connectivity index (χ4v) is 2.76. The first-order valence-corrected chi connectivity index (χ1v) is 8.23. The van der Waals surface area contributed by atoms with E-state index in [1.165, 1.54) is 0 Å². The van der Waals surface area contributed by atoms with Gasteiger partial charge in [0.05, 0.1) is 24.7 Å². The fraction of sp³-hybridized carbons (Fsp3) is 0.278. The molecule has 24 heavy (non-hydrogen) atoms. The molecule has 2 aromatic rings. The van der Waals surface area contributed by atoms with E-state index in [1.807, 2.05) is 37.3 Å². The van der Waals surface area contributed by atoms with Gasteiger partial charge in [0.15, 0.2) is 18.1 Å². The van der Waals surface area contributed by atoms with Gasteiger partial charge in [0.1, 0.15) is 5.75 Å². The molecule has 0 spiro atoms. The Kier molecular flexibility index (Phi) is 6.49. The molecule has 2 rings (SSSR count). The van der Waals surface area contributed by atoms with E-state index in [-0.39, 0.29) is 18.6 Å². The van der Waals surface area contributed by atoms with Gasteiger partial charge in [0.2, 0.25) is 0 Å². The number of carbonyl (C=O) groups excluding carboxylic acids is 1. The number of rotatable bonds is 7. The average molecular weight is 394 g/mol. The summed E-state index contributed by atoms with van der Waals surface area (Å²) in [7, 11) is 3.17. The van der Waals surface area contributed by atoms with Gasteiger partial charge in [-0.05, 0) is 52.7 Å². The monoisotopic (exact) mass is 393 g/mol. The molecule has 0 aliphatic heterocycles. The van der Waals surface area contributed by atoms with Crippen LogP contribution >= 0.6 is 15.9 Å². The number of halogens is 1. The molecule has 0 aliphatic rings. The lowest BCUT2D eigenvalue weighted by atomic mass is 10.1. The SMILES string of the molecule is COc1ccc(C(C)NC(=O)COc2ccccc2OC)cc1Br. The molecule has 0 bridgehead atoms. The van der Waals surface area contributed by atoms with Crippen molar-refractivity contribution in [1.29, 1.82) is 0 Å². The van der Waals surface area contributed by atoms with Crippen molar-refractivity contribution in [1.82, 2.24) is 5.32 Å². The zero-order valence-corrected chi connectivity index (χ0v) is 15.4. The number of carbonyl (C=O) groups is 1. The molecule has 128 valence electrons. The number of nitrogens with one attached hydrogen (secondary N) is 1. The number of methoxy groups -OCH3 is 2. The third kappa shape index (κ3) is 4.64. The molecular weight excluding hydrogens is 374 g/mol. The highest BCUT2D eigenvalue weighted by Crippen LogP contribution is 2.28. The molecule has 1 atom stereocenters. The van der Waals surface area contributed by atoms with E-state index in [2.05, 4.69) is 21.2 Å². The van der Waals surface area contributed by atoms with Crippen LogP contribution in [-0.2, 0) is 4.79 Å². The Bertz CT molecular complexity index is 705. The van der Waals surface area contributed by atoms with Gasteiger partial charge >= 0.3 is 0 Å². The average Bonchev–Trinajstić information content (AvgIpc) is 2.60. The van der Waals surface area contributed by atoms with Crippen LogP contribution in [0.3, 0.4) is 0 Å². The van der Waals surface area contributed by atoms with Crippen molar-refractivity contribution in [3.05, 3.63) is 52.5 Å². The highest BCUT2D eigenvalue weighted by Gasteiger charge is 2.13. The van der Waals surface area contributed by atoms with E-state index in [0.717, 1.165) is 15.8 Å². The summed E-state index contributed by atoms with van der Waals surface area (Å²) in [5, 5.41) is 2.90. The number of ether oxygens (including phenoxy) is 3. The quantitative estimate of drug-likeness (QED) is 0.778. The van der Waals surface area contributed by atoms with Gasteiger partial charge in [-0.1, -0.05) is 18.2 Å². The van der Waals surface area contributed by atoms with Crippen molar-refractivity contribution in [2.45, 2.75) is 13.0 Å². The van der Waals surface area contributed by atoms with Gasteiger partial charge in [-0.15, -0.1) is 0 Å². The van der Waals surface area contributed by atoms with Gasteiger partial charge < -0.3 is 19.5 Å². The lowest BCUT2D eigenvalue weighted by molar-refractivity contribution is -0.123. The zero-order chi connectivity index (χ0) is 17.5. The van der Waals surface area contributed by atoms with Gasteiger partial charge in [-0.2, -0.15) is 0 Å². The van der Waals surface area contributed by atoms with Crippen LogP contribution in [0.2, 0.25) is 0 Å². The van der Waals surface area contributed by atoms with Crippen LogP contribution in [0.4, 0.5) is 0 Å². The van der Waals surface area contributed by atoms with Crippen molar-refractivity contribution < 1.29 is 19.0 Å². The van der Waals surface area contributed by atoms with E-state index in [1.54, 1.807) is 26.4 Å². The van der Waals surface area contributed by atoms with Gasteiger partial charge in [0.25, 0.3) is 5.91 Å². The first-order chi connectivity index (χ1) is 11.5. The number of hydrogen-bond donors (Lipinski definition) is 1. The number of para-hydroxylation sites is 2. The van der Waals surface area contributed by atoms with Gasteiger partial charge in [-0.25, -0.2) is 0 Å². The predicted molar refractivity (Wildman–Crippen MR) is 95.7 cm³/mol. The van der Waals surface area contributed by atoms with Crippen molar-refractivity contribution in [3.63, 3.8) is 0 Å². The molecule has 2 aromatic carbocycles. The summed E-state index contributed by atoms with van der Waals surface area (Å²) in [5.41, 5.74) is 0.966. The second-order valence-electron chi connectivity index (χ2n) is 5.12. The normalized spacial score (nSPS) is 11.5. The lowest BCUT2D eigenvalue weighted by Gasteiger charge is -2.16. The van der Waals surface area contributed by atoms with E-state index in [0.29, 0.717) is 11.5 Å². The van der Waals surface area contributed by atoms with Crippen LogP contribution in [0.1, 0.15) is 18.5 Å². The van der Waals surface area contributed by atoms with Gasteiger partial charge in [-0.3, -0.25) is 4.79 Å². The molecular formula is C18H20BrNO4. The molecule has 0 aromatic heterocycles. The molecule has 0 heterocycles. The maximum atomic E-state index is 12.1. The van der Waals surface area contributed by atoms with Crippen molar-refractivity contribution in [2.75, 3.05) is 20.8 Å². The van der Waals surface area contributed by atoms with Crippen molar-refractivity contribution >= 4 is 21.8 Å². The molecule has 0 fully saturated rings. The first kappa shape index (κ1) is 18.1. The number of benzene rings is 2. The third-order valence-corrected chi connectivity index (χ3v) is 4.10. The van der Waals surface area contributed by atoms with Crippen molar-refractivity contribution in [2.24, 2.45) is 0 Å². The van der Waals surface area contributed by atoms with E-state index in [9.17, 15) is 4.79 Å². The smallest absolute Gasteiger partial charge is 0.258 e. The Labute approximate surface area is 150 Å². The summed E-state index contributed by atoms with van der Waals surface area (Å²) in [6.45, 7) is 1.83. The van der Waals surface area contributed by atoms with Crippen LogP contribution in [-0.4, -0.2) is 26.7 Å². The van der Waals surface area contributed by atoms with Crippen molar-refractivity contribution in [3.8, 4) is 17.2 Å². The molecule has 6 heteroatoms. The zero-order valence-electron chi connectivity index (χ0n) is 13.8. The topological polar surface area (TPSA) is 56.8 Å². The summed E-state index contributed by atoms with van der Waals surface area (Å²) in [4.78, 5) is 12.1. The lowest BCUT2D eigenvalue weighted by Crippen LogP contribution is -2.31. The maximum Gasteiger partial charge on any atom is 0.258 e. The minimum absolute atomic E-state index is 0.0813. The molecule has 0 saturated carbocycles. The van der Waals surface area contributed by atoms with Crippen LogP contribution in [0.5, 0.6) is 17.2 Å². The molecule has 1 amide bonds. The number of amides is 1. The van der Waals surface area contributed by atoms with Crippen LogP contribution in [0, 0.1) is 0 Å². The molecule has 1 unspecified atom stereocenters. The Morgan fingerprint density at radius 2 is 1.75 bits per heavy atom. The summed E-state index contributed by atoms with van der Waals surface area (Å²) < 4.78 is 16.8. The van der Waals surface area contributed by atoms with E-state index in [4.69, 9.17) is 14.2 Å². The Morgan fingerprint density at radius 3 is 2.38 bits per heavy atom. The Morgan fingerprint density at radius 1 is 1.08 bits per heavy atom. The molecule has 1 N–H and O–H groups in total. The minimum atomic E-state index is -0.208. The Balaban J connectivity index is 1.93. The highest BCUT2D eigenvalue weighted by atomic mass is 79.9. The maximum absolute atomic E-state index is 12.1. The minimum Gasteiger partial charge on any atom is -0.496 e. The highest BCUT2D eigenvalue weighted by molar-refractivity contribution is 9.10. The van der Waals surface area contributed by atoms with Gasteiger partial charge in [0, 0.05) is 0 Å². The van der Waals surface area contributed by atoms with Crippen LogP contribution < -0.4 is 19.5 Å². The van der Waals surface area contributed by atoms with Crippen LogP contribution in [0.15, 0.2) is 46.9 Å². The second-order valence-corrected chi connectivity index (χ2v) is 5.98. The summed E-state index contributed by atoms with van der Waals surface area (Å²) in [6, 6.07) is 12.7. The molecule has 0 saturated heterocycles. The standard InChI is InChI=1S/C18H20BrNO4/c1-12(13-8-9-15(22-2)14(19)10-13)20-18(21)11-24-17-7-5-4-6-16(17)23-3/h4-10,12H,11H2,1-3H3,(H,20,21).